The third-order valence-corrected chi connectivity index (χ3v) is 7.47. The van der Waals surface area contributed by atoms with E-state index in [2.05, 4.69) is 32.5 Å². The van der Waals surface area contributed by atoms with E-state index in [1.165, 1.54) is 11.8 Å². The second-order valence-corrected chi connectivity index (χ2v) is 10.5. The molecule has 0 aliphatic carbocycles. The number of hydrogen-bond donors (Lipinski definition) is 3. The van der Waals surface area contributed by atoms with Gasteiger partial charge in [-0.3, -0.25) is 4.72 Å². The smallest absolute Gasteiger partial charge is 0.266 e. The number of aromatic nitrogens is 1. The number of thiazole rings is 1. The number of anilines is 2. The van der Waals surface area contributed by atoms with Crippen molar-refractivity contribution in [2.75, 3.05) is 23.1 Å². The van der Waals surface area contributed by atoms with Crippen LogP contribution in [0.5, 0.6) is 0 Å². The van der Waals surface area contributed by atoms with Crippen LogP contribution in [0.1, 0.15) is 37.7 Å². The molecule has 3 aromatic rings. The molecule has 0 amide bonds. The van der Waals surface area contributed by atoms with E-state index in [1.54, 1.807) is 5.38 Å². The Kier molecular flexibility index (Phi) is 9.93. The molecule has 178 valence electrons. The van der Waals surface area contributed by atoms with Crippen molar-refractivity contribution in [2.45, 2.75) is 43.5 Å². The summed E-state index contributed by atoms with van der Waals surface area (Å²) in [5.74, 6) is -0.867. The fourth-order valence-electron chi connectivity index (χ4n) is 3.27. The zero-order chi connectivity index (χ0) is 23.5. The molecule has 0 radical (unpaired) electrons. The van der Waals surface area contributed by atoms with E-state index in [-0.39, 0.29) is 10.2 Å². The van der Waals surface area contributed by atoms with Crippen molar-refractivity contribution >= 4 is 43.8 Å². The highest BCUT2D eigenvalue weighted by atomic mass is 35.5. The van der Waals surface area contributed by atoms with Gasteiger partial charge in [-0.15, -0.1) is 11.3 Å². The Morgan fingerprint density at radius 1 is 1.00 bits per heavy atom. The van der Waals surface area contributed by atoms with Gasteiger partial charge in [0.25, 0.3) is 10.0 Å². The summed E-state index contributed by atoms with van der Waals surface area (Å²) in [6.07, 6.45) is 6.83. The number of unbranched alkanes of at least 4 members (excludes halogenated alkanes) is 4. The van der Waals surface area contributed by atoms with Crippen LogP contribution in [-0.2, 0) is 16.6 Å². The van der Waals surface area contributed by atoms with Crippen LogP contribution in [0.2, 0.25) is 5.02 Å². The molecule has 6 nitrogen and oxygen atoms in total. The van der Waals surface area contributed by atoms with Crippen molar-refractivity contribution in [2.24, 2.45) is 0 Å². The highest BCUT2D eigenvalue weighted by Crippen LogP contribution is 2.29. The average Bonchev–Trinajstić information content (AvgIpc) is 3.30. The minimum absolute atomic E-state index is 0.153. The SMILES string of the molecule is O=S(=O)(Nc1nccs1)c1cc(Cl)c(NCCCCCCCNCc2ccccc2)cc1F. The van der Waals surface area contributed by atoms with Gasteiger partial charge in [0.1, 0.15) is 10.7 Å². The van der Waals surface area contributed by atoms with Crippen LogP contribution in [0.3, 0.4) is 0 Å². The topological polar surface area (TPSA) is 83.1 Å². The van der Waals surface area contributed by atoms with Crippen molar-refractivity contribution in [1.82, 2.24) is 10.3 Å². The zero-order valence-corrected chi connectivity index (χ0v) is 20.6. The highest BCUT2D eigenvalue weighted by molar-refractivity contribution is 7.93. The van der Waals surface area contributed by atoms with E-state index in [1.807, 2.05) is 18.2 Å². The van der Waals surface area contributed by atoms with Crippen molar-refractivity contribution < 1.29 is 12.8 Å². The molecule has 10 heteroatoms. The molecule has 33 heavy (non-hydrogen) atoms. The lowest BCUT2D eigenvalue weighted by atomic mass is 10.1. The lowest BCUT2D eigenvalue weighted by Crippen LogP contribution is -2.15. The van der Waals surface area contributed by atoms with Gasteiger partial charge in [-0.25, -0.2) is 17.8 Å². The zero-order valence-electron chi connectivity index (χ0n) is 18.2. The van der Waals surface area contributed by atoms with Crippen LogP contribution in [0.25, 0.3) is 0 Å². The van der Waals surface area contributed by atoms with Crippen molar-refractivity contribution in [3.63, 3.8) is 0 Å². The first-order valence-electron chi connectivity index (χ1n) is 10.9. The normalized spacial score (nSPS) is 11.5. The highest BCUT2D eigenvalue weighted by Gasteiger charge is 2.22. The number of rotatable bonds is 14. The van der Waals surface area contributed by atoms with E-state index in [0.29, 0.717) is 12.2 Å². The lowest BCUT2D eigenvalue weighted by molar-refractivity contribution is 0.570. The monoisotopic (exact) mass is 510 g/mol. The van der Waals surface area contributed by atoms with Gasteiger partial charge < -0.3 is 10.6 Å². The van der Waals surface area contributed by atoms with Gasteiger partial charge in [0.2, 0.25) is 0 Å². The number of sulfonamides is 1. The molecule has 0 saturated carbocycles. The maximum Gasteiger partial charge on any atom is 0.266 e. The largest absolute Gasteiger partial charge is 0.384 e. The second kappa shape index (κ2) is 12.9. The molecule has 0 fully saturated rings. The molecule has 0 bridgehead atoms. The summed E-state index contributed by atoms with van der Waals surface area (Å²) in [7, 11) is -4.11. The van der Waals surface area contributed by atoms with Crippen LogP contribution in [0.15, 0.2) is 58.9 Å². The Bertz CT molecular complexity index is 1100. The molecule has 2 aromatic carbocycles. The number of benzene rings is 2. The first kappa shape index (κ1) is 25.4. The van der Waals surface area contributed by atoms with E-state index >= 15 is 0 Å². The molecular weight excluding hydrogens is 483 g/mol. The van der Waals surface area contributed by atoms with Crippen LogP contribution in [-0.4, -0.2) is 26.5 Å². The predicted molar refractivity (Wildman–Crippen MR) is 134 cm³/mol. The number of hydrogen-bond acceptors (Lipinski definition) is 6. The molecule has 3 N–H and O–H groups in total. The fraction of sp³-hybridized carbons (Fsp3) is 0.348. The second-order valence-electron chi connectivity index (χ2n) is 7.56. The molecule has 0 saturated heterocycles. The van der Waals surface area contributed by atoms with Gasteiger partial charge in [0.15, 0.2) is 5.13 Å². The number of nitrogens with zero attached hydrogens (tertiary/aromatic N) is 1. The molecule has 0 spiro atoms. The minimum Gasteiger partial charge on any atom is -0.384 e. The molecule has 1 heterocycles. The van der Waals surface area contributed by atoms with Gasteiger partial charge in [-0.2, -0.15) is 0 Å². The number of nitrogens with one attached hydrogen (secondary N) is 3. The molecule has 0 unspecified atom stereocenters. The predicted octanol–water partition coefficient (Wildman–Crippen LogP) is 5.89. The minimum atomic E-state index is -4.11. The molecule has 3 rings (SSSR count). The van der Waals surface area contributed by atoms with Gasteiger partial charge >= 0.3 is 0 Å². The van der Waals surface area contributed by atoms with E-state index in [9.17, 15) is 12.8 Å². The maximum atomic E-state index is 14.5. The number of halogens is 2. The quantitative estimate of drug-likeness (QED) is 0.235. The van der Waals surface area contributed by atoms with Crippen molar-refractivity contribution in [3.05, 3.63) is 70.4 Å². The van der Waals surface area contributed by atoms with Crippen molar-refractivity contribution in [3.8, 4) is 0 Å². The summed E-state index contributed by atoms with van der Waals surface area (Å²) >= 11 is 7.31. The third kappa shape index (κ3) is 8.26. The van der Waals surface area contributed by atoms with Crippen molar-refractivity contribution in [1.29, 1.82) is 0 Å². The van der Waals surface area contributed by atoms with Gasteiger partial charge in [-0.1, -0.05) is 61.2 Å². The summed E-state index contributed by atoms with van der Waals surface area (Å²) in [4.78, 5) is 3.35. The first-order valence-corrected chi connectivity index (χ1v) is 13.6. The summed E-state index contributed by atoms with van der Waals surface area (Å²) in [5, 5.41) is 8.49. The molecular formula is C23H28ClFN4O2S2. The summed E-state index contributed by atoms with van der Waals surface area (Å²) in [6, 6.07) is 12.6. The van der Waals surface area contributed by atoms with E-state index in [4.69, 9.17) is 11.6 Å². The molecule has 1 aromatic heterocycles. The standard InChI is InChI=1S/C23H28ClFN4O2S2/c24-19-15-22(33(30,31)29-23-28-13-14-32-23)20(25)16-21(19)27-12-8-3-1-2-7-11-26-17-18-9-5-4-6-10-18/h4-6,9-10,13-16,26-27H,1-3,7-8,11-12,17H2,(H,28,29). The van der Waals surface area contributed by atoms with Crippen LogP contribution in [0.4, 0.5) is 15.2 Å². The Balaban J connectivity index is 1.34. The summed E-state index contributed by atoms with van der Waals surface area (Å²) in [6.45, 7) is 2.52. The molecule has 0 atom stereocenters. The van der Waals surface area contributed by atoms with Crippen LogP contribution in [0, 0.1) is 5.82 Å². The van der Waals surface area contributed by atoms with Crippen LogP contribution < -0.4 is 15.4 Å². The Labute approximate surface area is 203 Å². The maximum absolute atomic E-state index is 14.5. The lowest BCUT2D eigenvalue weighted by Gasteiger charge is -2.12. The third-order valence-electron chi connectivity index (χ3n) is 4.98. The molecule has 0 aliphatic heterocycles. The average molecular weight is 511 g/mol. The summed E-state index contributed by atoms with van der Waals surface area (Å²) in [5.41, 5.74) is 1.67. The van der Waals surface area contributed by atoms with Crippen LogP contribution >= 0.6 is 22.9 Å². The Hall–Kier alpha value is -2.20. The Morgan fingerprint density at radius 3 is 2.45 bits per heavy atom. The Morgan fingerprint density at radius 2 is 1.73 bits per heavy atom. The van der Waals surface area contributed by atoms with E-state index < -0.39 is 20.7 Å². The molecule has 0 aliphatic rings. The summed E-state index contributed by atoms with van der Waals surface area (Å²) < 4.78 is 41.6. The van der Waals surface area contributed by atoms with Gasteiger partial charge in [0.05, 0.1) is 10.7 Å². The fourth-order valence-corrected chi connectivity index (χ4v) is 5.44. The van der Waals surface area contributed by atoms with Gasteiger partial charge in [0, 0.05) is 24.7 Å². The van der Waals surface area contributed by atoms with Gasteiger partial charge in [-0.05, 0) is 37.1 Å². The first-order chi connectivity index (χ1) is 16.0. The van der Waals surface area contributed by atoms with E-state index in [0.717, 1.165) is 68.7 Å².